The highest BCUT2D eigenvalue weighted by Crippen LogP contribution is 2.04. The molecule has 0 bridgehead atoms. The molecule has 0 spiro atoms. The van der Waals surface area contributed by atoms with Gasteiger partial charge in [0, 0.05) is 13.1 Å². The summed E-state index contributed by atoms with van der Waals surface area (Å²) in [6, 6.07) is -0.165. The Morgan fingerprint density at radius 1 is 1.00 bits per heavy atom. The van der Waals surface area contributed by atoms with Crippen LogP contribution in [-0.4, -0.2) is 30.2 Å². The first-order chi connectivity index (χ1) is 8.43. The molecule has 1 unspecified atom stereocenters. The van der Waals surface area contributed by atoms with Gasteiger partial charge in [0.1, 0.15) is 0 Å². The summed E-state index contributed by atoms with van der Waals surface area (Å²) in [4.78, 5) is 21.9. The van der Waals surface area contributed by atoms with Crippen LogP contribution < -0.4 is 10.6 Å². The third-order valence-electron chi connectivity index (χ3n) is 2.76. The molecule has 3 N–H and O–H groups in total. The Bertz CT molecular complexity index is 255. The molecule has 0 heterocycles. The summed E-state index contributed by atoms with van der Waals surface area (Å²) in [5, 5.41) is 14.2. The van der Waals surface area contributed by atoms with Crippen LogP contribution >= 0.6 is 0 Å². The Kier molecular flexibility index (Phi) is 9.06. The maximum absolute atomic E-state index is 11.3. The second kappa shape index (κ2) is 9.74. The topological polar surface area (TPSA) is 78.4 Å². The van der Waals surface area contributed by atoms with E-state index in [-0.39, 0.29) is 11.9 Å². The van der Waals surface area contributed by atoms with Gasteiger partial charge in [0.2, 0.25) is 0 Å². The van der Waals surface area contributed by atoms with E-state index in [0.717, 1.165) is 12.8 Å². The van der Waals surface area contributed by atoms with Crippen molar-refractivity contribution < 1.29 is 14.7 Å². The fourth-order valence-electron chi connectivity index (χ4n) is 1.51. The number of carboxylic acid groups (broad SMARTS) is 1. The molecule has 0 fully saturated rings. The average molecular weight is 258 g/mol. The molecule has 0 aromatic heterocycles. The molecule has 106 valence electrons. The van der Waals surface area contributed by atoms with Crippen LogP contribution in [0.2, 0.25) is 0 Å². The molecule has 5 nitrogen and oxygen atoms in total. The van der Waals surface area contributed by atoms with E-state index in [4.69, 9.17) is 5.11 Å². The number of carbonyl (C=O) groups is 2. The number of rotatable bonds is 9. The highest BCUT2D eigenvalue weighted by Gasteiger charge is 2.09. The minimum atomic E-state index is -0.784. The molecule has 18 heavy (non-hydrogen) atoms. The summed E-state index contributed by atoms with van der Waals surface area (Å²) in [7, 11) is 0. The lowest BCUT2D eigenvalue weighted by Gasteiger charge is -2.09. The summed E-state index contributed by atoms with van der Waals surface area (Å²) in [5.41, 5.74) is 0. The van der Waals surface area contributed by atoms with E-state index >= 15 is 0 Å². The molecule has 0 aromatic rings. The number of nitrogens with one attached hydrogen (secondary N) is 2. The number of urea groups is 1. The zero-order valence-electron chi connectivity index (χ0n) is 11.7. The predicted molar refractivity (Wildman–Crippen MR) is 71.5 cm³/mol. The van der Waals surface area contributed by atoms with Gasteiger partial charge in [0.25, 0.3) is 0 Å². The maximum atomic E-state index is 11.3. The van der Waals surface area contributed by atoms with Gasteiger partial charge in [-0.15, -0.1) is 0 Å². The summed E-state index contributed by atoms with van der Waals surface area (Å²) in [6.45, 7) is 7.20. The molecule has 1 atom stereocenters. The smallest absolute Gasteiger partial charge is 0.314 e. The normalized spacial score (nSPS) is 12.2. The van der Waals surface area contributed by atoms with Crippen LogP contribution in [0.25, 0.3) is 0 Å². The second-order valence-corrected chi connectivity index (χ2v) is 5.10. The molecule has 0 radical (unpaired) electrons. The molecule has 0 saturated heterocycles. The van der Waals surface area contributed by atoms with Crippen molar-refractivity contribution in [3.05, 3.63) is 0 Å². The first kappa shape index (κ1) is 16.7. The van der Waals surface area contributed by atoms with E-state index in [2.05, 4.69) is 24.5 Å². The van der Waals surface area contributed by atoms with Gasteiger partial charge in [0.15, 0.2) is 0 Å². The molecule has 2 amide bonds. The van der Waals surface area contributed by atoms with Crippen LogP contribution in [0.4, 0.5) is 4.79 Å². The minimum absolute atomic E-state index is 0.165. The SMILES string of the molecule is CC(C)CCCNC(=O)NCCCC(C)C(=O)O. The molecule has 0 rings (SSSR count). The molecule has 0 aromatic carbocycles. The van der Waals surface area contributed by atoms with Gasteiger partial charge in [0.05, 0.1) is 5.92 Å². The fraction of sp³-hybridized carbons (Fsp3) is 0.846. The highest BCUT2D eigenvalue weighted by atomic mass is 16.4. The van der Waals surface area contributed by atoms with E-state index < -0.39 is 5.97 Å². The van der Waals surface area contributed by atoms with Crippen LogP contribution in [-0.2, 0) is 4.79 Å². The summed E-state index contributed by atoms with van der Waals surface area (Å²) < 4.78 is 0. The predicted octanol–water partition coefficient (Wildman–Crippen LogP) is 2.22. The quantitative estimate of drug-likeness (QED) is 0.555. The highest BCUT2D eigenvalue weighted by molar-refractivity contribution is 5.73. The fourth-order valence-corrected chi connectivity index (χ4v) is 1.51. The molecular formula is C13H26N2O3. The number of aliphatic carboxylic acids is 1. The van der Waals surface area contributed by atoms with E-state index in [1.807, 2.05) is 0 Å². The lowest BCUT2D eigenvalue weighted by molar-refractivity contribution is -0.141. The maximum Gasteiger partial charge on any atom is 0.314 e. The van der Waals surface area contributed by atoms with Crippen molar-refractivity contribution in [2.45, 2.75) is 46.5 Å². The Labute approximate surface area is 109 Å². The van der Waals surface area contributed by atoms with Crippen molar-refractivity contribution in [1.29, 1.82) is 0 Å². The molecule has 0 aliphatic carbocycles. The minimum Gasteiger partial charge on any atom is -0.481 e. The first-order valence-electron chi connectivity index (χ1n) is 6.68. The van der Waals surface area contributed by atoms with Crippen molar-refractivity contribution in [3.8, 4) is 0 Å². The standard InChI is InChI=1S/C13H26N2O3/c1-10(2)6-4-8-14-13(18)15-9-5-7-11(3)12(16)17/h10-11H,4-9H2,1-3H3,(H,16,17)(H2,14,15,18). The molecule has 0 saturated carbocycles. The summed E-state index contributed by atoms with van der Waals surface area (Å²) in [5.74, 6) is -0.471. The van der Waals surface area contributed by atoms with Crippen molar-refractivity contribution in [2.24, 2.45) is 11.8 Å². The van der Waals surface area contributed by atoms with E-state index in [1.54, 1.807) is 6.92 Å². The van der Waals surface area contributed by atoms with Crippen LogP contribution in [0.15, 0.2) is 0 Å². The third-order valence-corrected chi connectivity index (χ3v) is 2.76. The number of amides is 2. The molecule has 5 heteroatoms. The number of carboxylic acids is 1. The Morgan fingerprint density at radius 2 is 1.50 bits per heavy atom. The van der Waals surface area contributed by atoms with Crippen LogP contribution in [0.3, 0.4) is 0 Å². The Balaban J connectivity index is 3.40. The van der Waals surface area contributed by atoms with Crippen molar-refractivity contribution in [3.63, 3.8) is 0 Å². The molecular weight excluding hydrogens is 232 g/mol. The largest absolute Gasteiger partial charge is 0.481 e. The monoisotopic (exact) mass is 258 g/mol. The number of carbonyl (C=O) groups excluding carboxylic acids is 1. The van der Waals surface area contributed by atoms with Crippen LogP contribution in [0, 0.1) is 11.8 Å². The van der Waals surface area contributed by atoms with Gasteiger partial charge in [-0.05, 0) is 31.6 Å². The van der Waals surface area contributed by atoms with E-state index in [0.29, 0.717) is 31.8 Å². The number of hydrogen-bond donors (Lipinski definition) is 3. The Morgan fingerprint density at radius 3 is 1.94 bits per heavy atom. The van der Waals surface area contributed by atoms with Crippen LogP contribution in [0.5, 0.6) is 0 Å². The first-order valence-corrected chi connectivity index (χ1v) is 6.68. The Hall–Kier alpha value is -1.26. The molecule has 0 aliphatic rings. The van der Waals surface area contributed by atoms with Gasteiger partial charge >= 0.3 is 12.0 Å². The number of hydrogen-bond acceptors (Lipinski definition) is 2. The summed E-state index contributed by atoms with van der Waals surface area (Å²) >= 11 is 0. The molecule has 0 aliphatic heterocycles. The van der Waals surface area contributed by atoms with Gasteiger partial charge < -0.3 is 15.7 Å². The van der Waals surface area contributed by atoms with Crippen molar-refractivity contribution in [1.82, 2.24) is 10.6 Å². The zero-order valence-corrected chi connectivity index (χ0v) is 11.7. The third kappa shape index (κ3) is 9.93. The van der Waals surface area contributed by atoms with E-state index in [1.165, 1.54) is 0 Å². The second-order valence-electron chi connectivity index (χ2n) is 5.10. The van der Waals surface area contributed by atoms with Gasteiger partial charge in [-0.1, -0.05) is 20.8 Å². The van der Waals surface area contributed by atoms with Crippen molar-refractivity contribution in [2.75, 3.05) is 13.1 Å². The van der Waals surface area contributed by atoms with Crippen LogP contribution in [0.1, 0.15) is 46.5 Å². The van der Waals surface area contributed by atoms with Gasteiger partial charge in [-0.3, -0.25) is 4.79 Å². The lowest BCUT2D eigenvalue weighted by Crippen LogP contribution is -2.36. The van der Waals surface area contributed by atoms with Crippen molar-refractivity contribution >= 4 is 12.0 Å². The average Bonchev–Trinajstić information content (AvgIpc) is 2.29. The summed E-state index contributed by atoms with van der Waals surface area (Å²) in [6.07, 6.45) is 3.37. The van der Waals surface area contributed by atoms with Gasteiger partial charge in [-0.2, -0.15) is 0 Å². The zero-order chi connectivity index (χ0) is 14.0. The lowest BCUT2D eigenvalue weighted by atomic mass is 10.1. The van der Waals surface area contributed by atoms with E-state index in [9.17, 15) is 9.59 Å². The van der Waals surface area contributed by atoms with Gasteiger partial charge in [-0.25, -0.2) is 4.79 Å².